The van der Waals surface area contributed by atoms with Gasteiger partial charge in [0.1, 0.15) is 6.23 Å². The van der Waals surface area contributed by atoms with E-state index in [4.69, 9.17) is 4.74 Å². The smallest absolute Gasteiger partial charge is 0.110 e. The van der Waals surface area contributed by atoms with Crippen molar-refractivity contribution >= 4 is 0 Å². The molecule has 10 heavy (non-hydrogen) atoms. The molecule has 0 aromatic carbocycles. The van der Waals surface area contributed by atoms with E-state index < -0.39 is 0 Å². The normalized spacial score (nSPS) is 28.5. The maximum atomic E-state index is 5.55. The van der Waals surface area contributed by atoms with Gasteiger partial charge in [-0.1, -0.05) is 13.8 Å². The summed E-state index contributed by atoms with van der Waals surface area (Å²) in [5, 5.41) is 3.36. The molecule has 1 unspecified atom stereocenters. The first-order valence-corrected chi connectivity index (χ1v) is 4.15. The van der Waals surface area contributed by atoms with Gasteiger partial charge >= 0.3 is 0 Å². The van der Waals surface area contributed by atoms with Crippen molar-refractivity contribution in [2.75, 3.05) is 13.2 Å². The first-order chi connectivity index (χ1) is 4.80. The Balaban J connectivity index is 2.28. The Kier molecular flexibility index (Phi) is 3.16. The molecule has 1 aliphatic heterocycles. The maximum Gasteiger partial charge on any atom is 0.110 e. The summed E-state index contributed by atoms with van der Waals surface area (Å²) in [6.45, 7) is 6.41. The number of nitrogens with one attached hydrogen (secondary N) is 1. The SMILES string of the molecule is CC(C)C1NCCCCO1. The van der Waals surface area contributed by atoms with Crippen molar-refractivity contribution in [1.82, 2.24) is 5.32 Å². The second-order valence-corrected chi connectivity index (χ2v) is 3.20. The lowest BCUT2D eigenvalue weighted by Crippen LogP contribution is -2.35. The largest absolute Gasteiger partial charge is 0.363 e. The van der Waals surface area contributed by atoms with Crippen LogP contribution in [0.2, 0.25) is 0 Å². The summed E-state index contributed by atoms with van der Waals surface area (Å²) in [5.41, 5.74) is 0. The summed E-state index contributed by atoms with van der Waals surface area (Å²) < 4.78 is 5.55. The molecule has 0 spiro atoms. The summed E-state index contributed by atoms with van der Waals surface area (Å²) in [7, 11) is 0. The van der Waals surface area contributed by atoms with Gasteiger partial charge in [-0.3, -0.25) is 5.32 Å². The highest BCUT2D eigenvalue weighted by molar-refractivity contribution is 4.63. The van der Waals surface area contributed by atoms with Crippen LogP contribution in [-0.2, 0) is 4.74 Å². The highest BCUT2D eigenvalue weighted by Gasteiger charge is 2.14. The van der Waals surface area contributed by atoms with Crippen LogP contribution in [0.4, 0.5) is 0 Å². The summed E-state index contributed by atoms with van der Waals surface area (Å²) in [6, 6.07) is 0. The molecule has 60 valence electrons. The van der Waals surface area contributed by atoms with Gasteiger partial charge in [-0.25, -0.2) is 0 Å². The molecule has 0 aromatic heterocycles. The monoisotopic (exact) mass is 143 g/mol. The van der Waals surface area contributed by atoms with Crippen molar-refractivity contribution in [2.45, 2.75) is 32.9 Å². The van der Waals surface area contributed by atoms with Crippen LogP contribution >= 0.6 is 0 Å². The van der Waals surface area contributed by atoms with E-state index in [0.717, 1.165) is 13.2 Å². The summed E-state index contributed by atoms with van der Waals surface area (Å²) in [5.74, 6) is 0.595. The van der Waals surface area contributed by atoms with Gasteiger partial charge in [0, 0.05) is 6.61 Å². The van der Waals surface area contributed by atoms with E-state index in [1.807, 2.05) is 0 Å². The van der Waals surface area contributed by atoms with Crippen LogP contribution < -0.4 is 5.32 Å². The minimum absolute atomic E-state index is 0.294. The molecule has 0 aliphatic carbocycles. The van der Waals surface area contributed by atoms with E-state index in [0.29, 0.717) is 12.1 Å². The predicted molar refractivity (Wildman–Crippen MR) is 41.8 cm³/mol. The van der Waals surface area contributed by atoms with Crippen LogP contribution in [0.1, 0.15) is 26.7 Å². The maximum absolute atomic E-state index is 5.55. The third-order valence-corrected chi connectivity index (χ3v) is 1.82. The van der Waals surface area contributed by atoms with Crippen LogP contribution in [0.5, 0.6) is 0 Å². The Labute approximate surface area is 63.0 Å². The molecular weight excluding hydrogens is 126 g/mol. The van der Waals surface area contributed by atoms with Crippen LogP contribution in [0.3, 0.4) is 0 Å². The lowest BCUT2D eigenvalue weighted by Gasteiger charge is -2.19. The number of rotatable bonds is 1. The molecule has 0 radical (unpaired) electrons. The molecule has 1 N–H and O–H groups in total. The van der Waals surface area contributed by atoms with E-state index >= 15 is 0 Å². The third-order valence-electron chi connectivity index (χ3n) is 1.82. The summed E-state index contributed by atoms with van der Waals surface area (Å²) in [4.78, 5) is 0. The van der Waals surface area contributed by atoms with E-state index in [9.17, 15) is 0 Å². The fourth-order valence-electron chi connectivity index (χ4n) is 1.17. The zero-order valence-corrected chi connectivity index (χ0v) is 6.89. The van der Waals surface area contributed by atoms with Crippen molar-refractivity contribution in [2.24, 2.45) is 5.92 Å². The molecular formula is C8H17NO. The molecule has 0 saturated carbocycles. The molecule has 1 fully saturated rings. The Morgan fingerprint density at radius 2 is 2.20 bits per heavy atom. The first kappa shape index (κ1) is 8.02. The average Bonchev–Trinajstić information content (AvgIpc) is 2.12. The van der Waals surface area contributed by atoms with Gasteiger partial charge in [-0.15, -0.1) is 0 Å². The minimum Gasteiger partial charge on any atom is -0.363 e. The Morgan fingerprint density at radius 3 is 2.90 bits per heavy atom. The second-order valence-electron chi connectivity index (χ2n) is 3.20. The zero-order valence-electron chi connectivity index (χ0n) is 6.89. The summed E-state index contributed by atoms with van der Waals surface area (Å²) in [6.07, 6.45) is 2.75. The van der Waals surface area contributed by atoms with Crippen molar-refractivity contribution < 1.29 is 4.74 Å². The molecule has 1 aliphatic rings. The Hall–Kier alpha value is -0.0800. The zero-order chi connectivity index (χ0) is 7.40. The van der Waals surface area contributed by atoms with E-state index in [-0.39, 0.29) is 0 Å². The molecule has 1 rings (SSSR count). The topological polar surface area (TPSA) is 21.3 Å². The van der Waals surface area contributed by atoms with E-state index in [1.165, 1.54) is 12.8 Å². The fourth-order valence-corrected chi connectivity index (χ4v) is 1.17. The molecule has 2 heteroatoms. The molecule has 1 saturated heterocycles. The first-order valence-electron chi connectivity index (χ1n) is 4.15. The highest BCUT2D eigenvalue weighted by atomic mass is 16.5. The van der Waals surface area contributed by atoms with Gasteiger partial charge in [0.05, 0.1) is 0 Å². The lowest BCUT2D eigenvalue weighted by molar-refractivity contribution is 0.0114. The number of hydrogen-bond donors (Lipinski definition) is 1. The van der Waals surface area contributed by atoms with Gasteiger partial charge in [-0.05, 0) is 25.3 Å². The molecule has 0 amide bonds. The second kappa shape index (κ2) is 3.94. The van der Waals surface area contributed by atoms with Crippen LogP contribution in [-0.4, -0.2) is 19.4 Å². The predicted octanol–water partition coefficient (Wildman–Crippen LogP) is 1.37. The van der Waals surface area contributed by atoms with E-state index in [1.54, 1.807) is 0 Å². The Morgan fingerprint density at radius 1 is 1.40 bits per heavy atom. The lowest BCUT2D eigenvalue weighted by atomic mass is 10.2. The summed E-state index contributed by atoms with van der Waals surface area (Å²) >= 11 is 0. The fraction of sp³-hybridized carbons (Fsp3) is 1.00. The highest BCUT2D eigenvalue weighted by Crippen LogP contribution is 2.07. The van der Waals surface area contributed by atoms with Crippen LogP contribution in [0, 0.1) is 5.92 Å². The van der Waals surface area contributed by atoms with Crippen molar-refractivity contribution in [1.29, 1.82) is 0 Å². The quantitative estimate of drug-likeness (QED) is 0.598. The molecule has 1 heterocycles. The van der Waals surface area contributed by atoms with Crippen LogP contribution in [0.25, 0.3) is 0 Å². The van der Waals surface area contributed by atoms with Crippen LogP contribution in [0.15, 0.2) is 0 Å². The van der Waals surface area contributed by atoms with Crippen molar-refractivity contribution in [3.05, 3.63) is 0 Å². The Bertz CT molecular complexity index is 85.3. The average molecular weight is 143 g/mol. The standard InChI is InChI=1S/C8H17NO/c1-7(2)8-9-5-3-4-6-10-8/h7-9H,3-6H2,1-2H3. The van der Waals surface area contributed by atoms with Gasteiger partial charge < -0.3 is 4.74 Å². The van der Waals surface area contributed by atoms with Crippen molar-refractivity contribution in [3.63, 3.8) is 0 Å². The van der Waals surface area contributed by atoms with Gasteiger partial charge in [-0.2, -0.15) is 0 Å². The minimum atomic E-state index is 0.294. The number of ether oxygens (including phenoxy) is 1. The molecule has 1 atom stereocenters. The van der Waals surface area contributed by atoms with Gasteiger partial charge in [0.25, 0.3) is 0 Å². The molecule has 0 aromatic rings. The van der Waals surface area contributed by atoms with Crippen molar-refractivity contribution in [3.8, 4) is 0 Å². The van der Waals surface area contributed by atoms with Gasteiger partial charge in [0.15, 0.2) is 0 Å². The molecule has 2 nitrogen and oxygen atoms in total. The van der Waals surface area contributed by atoms with Gasteiger partial charge in [0.2, 0.25) is 0 Å². The number of hydrogen-bond acceptors (Lipinski definition) is 2. The third kappa shape index (κ3) is 2.27. The van der Waals surface area contributed by atoms with E-state index in [2.05, 4.69) is 19.2 Å². The molecule has 0 bridgehead atoms.